The van der Waals surface area contributed by atoms with E-state index in [9.17, 15) is 10.1 Å². The molecule has 3 rings (SSSR count). The topological polar surface area (TPSA) is 53.8 Å². The highest BCUT2D eigenvalue weighted by Gasteiger charge is 2.24. The zero-order chi connectivity index (χ0) is 18.5. The highest BCUT2D eigenvalue weighted by Crippen LogP contribution is 2.35. The van der Waals surface area contributed by atoms with E-state index in [4.69, 9.17) is 23.2 Å². The van der Waals surface area contributed by atoms with Crippen molar-refractivity contribution in [1.29, 1.82) is 5.26 Å². The predicted molar refractivity (Wildman–Crippen MR) is 108 cm³/mol. The summed E-state index contributed by atoms with van der Waals surface area (Å²) in [7, 11) is 0. The molecule has 0 aliphatic heterocycles. The van der Waals surface area contributed by atoms with Crippen molar-refractivity contribution in [3.63, 3.8) is 0 Å². The summed E-state index contributed by atoms with van der Waals surface area (Å²) in [4.78, 5) is 17.7. The molecule has 0 saturated heterocycles. The fourth-order valence-corrected chi connectivity index (χ4v) is 4.76. The molecule has 26 heavy (non-hydrogen) atoms. The van der Waals surface area contributed by atoms with Crippen LogP contribution >= 0.6 is 46.3 Å². The molecule has 0 aliphatic rings. The van der Waals surface area contributed by atoms with E-state index in [1.54, 1.807) is 18.2 Å². The molecule has 0 bridgehead atoms. The van der Waals surface area contributed by atoms with E-state index < -0.39 is 5.92 Å². The van der Waals surface area contributed by atoms with E-state index in [0.29, 0.717) is 19.9 Å². The van der Waals surface area contributed by atoms with Crippen LogP contribution in [-0.4, -0.2) is 16.5 Å². The summed E-state index contributed by atoms with van der Waals surface area (Å²) in [6.45, 7) is 0. The van der Waals surface area contributed by atoms with Crippen LogP contribution in [0, 0.1) is 11.3 Å². The van der Waals surface area contributed by atoms with Gasteiger partial charge in [0.1, 0.15) is 5.01 Å². The standard InChI is InChI=1S/C19H12Cl2N2OS2/c20-14-7-4-8-15(21)18(14)25-11-17(24)13(9-22)19-23-16(10-26-19)12-5-2-1-3-6-12/h1-8,10,13H,11H2/t13-/m1/s1. The smallest absolute Gasteiger partial charge is 0.167 e. The van der Waals surface area contributed by atoms with Crippen LogP contribution in [0.4, 0.5) is 0 Å². The second-order valence-electron chi connectivity index (χ2n) is 5.30. The Morgan fingerprint density at radius 2 is 1.85 bits per heavy atom. The molecule has 3 nitrogen and oxygen atoms in total. The molecular weight excluding hydrogens is 407 g/mol. The summed E-state index contributed by atoms with van der Waals surface area (Å²) < 4.78 is 0. The summed E-state index contributed by atoms with van der Waals surface area (Å²) in [6, 6.07) is 16.9. The van der Waals surface area contributed by atoms with E-state index in [2.05, 4.69) is 11.1 Å². The van der Waals surface area contributed by atoms with Gasteiger partial charge in [0.05, 0.1) is 27.6 Å². The number of thiazole rings is 1. The number of hydrogen-bond donors (Lipinski definition) is 0. The Balaban J connectivity index is 1.74. The molecule has 0 radical (unpaired) electrons. The van der Waals surface area contributed by atoms with Crippen LogP contribution in [0.15, 0.2) is 58.8 Å². The molecule has 1 heterocycles. The van der Waals surface area contributed by atoms with Crippen molar-refractivity contribution in [1.82, 2.24) is 4.98 Å². The number of thioether (sulfide) groups is 1. The minimum absolute atomic E-state index is 0.0991. The fraction of sp³-hybridized carbons (Fsp3) is 0.105. The normalized spacial score (nSPS) is 11.7. The minimum atomic E-state index is -0.897. The third-order valence-electron chi connectivity index (χ3n) is 3.57. The van der Waals surface area contributed by atoms with Crippen molar-refractivity contribution in [3.8, 4) is 17.3 Å². The van der Waals surface area contributed by atoms with E-state index in [0.717, 1.165) is 11.3 Å². The number of carbonyl (C=O) groups excluding carboxylic acids is 1. The molecule has 130 valence electrons. The van der Waals surface area contributed by atoms with Gasteiger partial charge in [-0.3, -0.25) is 4.79 Å². The predicted octanol–water partition coefficient (Wildman–Crippen LogP) is 6.09. The highest BCUT2D eigenvalue weighted by atomic mass is 35.5. The maximum Gasteiger partial charge on any atom is 0.167 e. The first-order valence-electron chi connectivity index (χ1n) is 7.60. The second-order valence-corrected chi connectivity index (χ2v) is 7.99. The molecule has 1 atom stereocenters. The van der Waals surface area contributed by atoms with Crippen LogP contribution in [0.25, 0.3) is 11.3 Å². The molecule has 0 spiro atoms. The van der Waals surface area contributed by atoms with E-state index in [-0.39, 0.29) is 11.5 Å². The first-order valence-corrected chi connectivity index (χ1v) is 10.2. The lowest BCUT2D eigenvalue weighted by Crippen LogP contribution is -2.13. The maximum absolute atomic E-state index is 12.6. The SMILES string of the molecule is N#C[C@H](C(=O)CSc1c(Cl)cccc1Cl)c1nc(-c2ccccc2)cs1. The molecule has 0 N–H and O–H groups in total. The van der Waals surface area contributed by atoms with Gasteiger partial charge in [-0.05, 0) is 12.1 Å². The number of ketones is 1. The average Bonchev–Trinajstić information content (AvgIpc) is 3.12. The third-order valence-corrected chi connectivity index (χ3v) is 6.49. The van der Waals surface area contributed by atoms with Crippen molar-refractivity contribution in [2.75, 3.05) is 5.75 Å². The molecule has 2 aromatic carbocycles. The third kappa shape index (κ3) is 4.28. The number of benzene rings is 2. The van der Waals surface area contributed by atoms with Gasteiger partial charge >= 0.3 is 0 Å². The molecule has 0 unspecified atom stereocenters. The monoisotopic (exact) mass is 418 g/mol. The summed E-state index contributed by atoms with van der Waals surface area (Å²) in [6.07, 6.45) is 0. The van der Waals surface area contributed by atoms with Crippen molar-refractivity contribution in [2.45, 2.75) is 10.8 Å². The Morgan fingerprint density at radius 3 is 2.50 bits per heavy atom. The lowest BCUT2D eigenvalue weighted by molar-refractivity contribution is -0.116. The van der Waals surface area contributed by atoms with E-state index in [1.165, 1.54) is 23.1 Å². The van der Waals surface area contributed by atoms with Crippen molar-refractivity contribution in [2.24, 2.45) is 0 Å². The Morgan fingerprint density at radius 1 is 1.15 bits per heavy atom. The van der Waals surface area contributed by atoms with Crippen LogP contribution in [0.2, 0.25) is 10.0 Å². The summed E-state index contributed by atoms with van der Waals surface area (Å²) in [5, 5.41) is 12.8. The second kappa shape index (κ2) is 8.70. The molecule has 1 aromatic heterocycles. The average molecular weight is 419 g/mol. The van der Waals surface area contributed by atoms with Gasteiger partial charge in [-0.1, -0.05) is 59.6 Å². The highest BCUT2D eigenvalue weighted by molar-refractivity contribution is 8.00. The largest absolute Gasteiger partial charge is 0.297 e. The Bertz CT molecular complexity index is 947. The molecule has 0 amide bonds. The van der Waals surface area contributed by atoms with Gasteiger partial charge in [0, 0.05) is 15.8 Å². The first kappa shape index (κ1) is 18.9. The van der Waals surface area contributed by atoms with E-state index >= 15 is 0 Å². The lowest BCUT2D eigenvalue weighted by Gasteiger charge is -2.08. The van der Waals surface area contributed by atoms with Crippen LogP contribution in [0.3, 0.4) is 0 Å². The van der Waals surface area contributed by atoms with Gasteiger partial charge < -0.3 is 0 Å². The van der Waals surface area contributed by atoms with Gasteiger partial charge in [0.15, 0.2) is 11.7 Å². The number of nitrogens with zero attached hydrogens (tertiary/aromatic N) is 2. The Hall–Kier alpha value is -1.84. The zero-order valence-electron chi connectivity index (χ0n) is 13.4. The molecule has 3 aromatic rings. The van der Waals surface area contributed by atoms with Crippen LogP contribution < -0.4 is 0 Å². The molecule has 0 saturated carbocycles. The molecular formula is C19H12Cl2N2OS2. The van der Waals surface area contributed by atoms with Crippen LogP contribution in [0.5, 0.6) is 0 Å². The summed E-state index contributed by atoms with van der Waals surface area (Å²) >= 11 is 14.8. The fourth-order valence-electron chi connectivity index (χ4n) is 2.27. The van der Waals surface area contributed by atoms with Crippen LogP contribution in [-0.2, 0) is 4.79 Å². The van der Waals surface area contributed by atoms with Crippen molar-refractivity contribution >= 4 is 52.1 Å². The maximum atomic E-state index is 12.6. The number of nitriles is 1. The number of aromatic nitrogens is 1. The number of hydrogen-bond acceptors (Lipinski definition) is 5. The molecule has 0 aliphatic carbocycles. The number of Topliss-reactive ketones (excluding diaryl/α,β-unsaturated/α-hetero) is 1. The number of rotatable bonds is 6. The van der Waals surface area contributed by atoms with Gasteiger partial charge in [-0.2, -0.15) is 5.26 Å². The molecule has 0 fully saturated rings. The number of carbonyl (C=O) groups is 1. The van der Waals surface area contributed by atoms with Gasteiger partial charge in [0.2, 0.25) is 0 Å². The molecule has 7 heteroatoms. The number of halogens is 2. The van der Waals surface area contributed by atoms with Gasteiger partial charge in [-0.25, -0.2) is 4.98 Å². The Kier molecular flexibility index (Phi) is 6.33. The summed E-state index contributed by atoms with van der Waals surface area (Å²) in [5.41, 5.74) is 1.72. The van der Waals surface area contributed by atoms with E-state index in [1.807, 2.05) is 35.7 Å². The van der Waals surface area contributed by atoms with Crippen molar-refractivity contribution in [3.05, 3.63) is 69.0 Å². The zero-order valence-corrected chi connectivity index (χ0v) is 16.5. The minimum Gasteiger partial charge on any atom is -0.297 e. The summed E-state index contributed by atoms with van der Waals surface area (Å²) in [5.74, 6) is -1.02. The van der Waals surface area contributed by atoms with Gasteiger partial charge in [-0.15, -0.1) is 23.1 Å². The van der Waals surface area contributed by atoms with Crippen LogP contribution in [0.1, 0.15) is 10.9 Å². The quantitative estimate of drug-likeness (QED) is 0.454. The van der Waals surface area contributed by atoms with Crippen molar-refractivity contribution < 1.29 is 4.79 Å². The van der Waals surface area contributed by atoms with Gasteiger partial charge in [0.25, 0.3) is 0 Å². The lowest BCUT2D eigenvalue weighted by atomic mass is 10.1. The first-order chi connectivity index (χ1) is 12.6. The Labute approximate surface area is 169 Å².